The average molecular weight is 402 g/mol. The third-order valence-corrected chi connectivity index (χ3v) is 3.83. The quantitative estimate of drug-likeness (QED) is 0.508. The molecular formula is C17H16BrN5O2. The molecule has 0 aliphatic carbocycles. The van der Waals surface area contributed by atoms with Crippen LogP contribution >= 0.6 is 15.9 Å². The maximum Gasteiger partial charge on any atom is 0.277 e. The summed E-state index contributed by atoms with van der Waals surface area (Å²) in [5.41, 5.74) is 4.92. The molecule has 0 aliphatic rings. The van der Waals surface area contributed by atoms with E-state index in [-0.39, 0.29) is 12.5 Å². The molecule has 25 heavy (non-hydrogen) atoms. The van der Waals surface area contributed by atoms with Gasteiger partial charge in [-0.3, -0.25) is 4.79 Å². The van der Waals surface area contributed by atoms with Crippen LogP contribution in [0.5, 0.6) is 5.75 Å². The number of para-hydroxylation sites is 1. The SMILES string of the molecule is C/C(Cn1nnc2ccccc21)=N\NC(=O)COc1cccc(Br)c1. The van der Waals surface area contributed by atoms with E-state index in [1.165, 1.54) is 0 Å². The highest BCUT2D eigenvalue weighted by Gasteiger charge is 2.06. The largest absolute Gasteiger partial charge is 0.484 e. The van der Waals surface area contributed by atoms with Gasteiger partial charge in [-0.2, -0.15) is 5.10 Å². The first-order valence-electron chi connectivity index (χ1n) is 7.60. The first-order chi connectivity index (χ1) is 12.1. The number of amides is 1. The van der Waals surface area contributed by atoms with Gasteiger partial charge in [0.05, 0.1) is 17.8 Å². The van der Waals surface area contributed by atoms with Crippen molar-refractivity contribution in [2.75, 3.05) is 6.61 Å². The molecular weight excluding hydrogens is 386 g/mol. The fraction of sp³-hybridized carbons (Fsp3) is 0.176. The Labute approximate surface area is 152 Å². The zero-order valence-corrected chi connectivity index (χ0v) is 15.1. The average Bonchev–Trinajstić information content (AvgIpc) is 3.01. The Kier molecular flexibility index (Phi) is 5.39. The van der Waals surface area contributed by atoms with Gasteiger partial charge in [0, 0.05) is 4.47 Å². The fourth-order valence-corrected chi connectivity index (χ4v) is 2.56. The maximum atomic E-state index is 11.8. The molecule has 1 N–H and O–H groups in total. The van der Waals surface area contributed by atoms with Crippen LogP contribution in [0.2, 0.25) is 0 Å². The van der Waals surface area contributed by atoms with E-state index in [4.69, 9.17) is 4.74 Å². The Balaban J connectivity index is 1.53. The highest BCUT2D eigenvalue weighted by atomic mass is 79.9. The van der Waals surface area contributed by atoms with Crippen molar-refractivity contribution in [3.8, 4) is 5.75 Å². The molecule has 1 heterocycles. The molecule has 0 fully saturated rings. The highest BCUT2D eigenvalue weighted by Crippen LogP contribution is 2.17. The summed E-state index contributed by atoms with van der Waals surface area (Å²) in [5.74, 6) is 0.280. The number of benzene rings is 2. The number of nitrogens with one attached hydrogen (secondary N) is 1. The molecule has 0 bridgehead atoms. The molecule has 0 unspecified atom stereocenters. The molecule has 8 heteroatoms. The number of ether oxygens (including phenoxy) is 1. The molecule has 1 amide bonds. The van der Waals surface area contributed by atoms with Gasteiger partial charge in [0.15, 0.2) is 6.61 Å². The molecule has 0 spiro atoms. The summed E-state index contributed by atoms with van der Waals surface area (Å²) in [4.78, 5) is 11.8. The van der Waals surface area contributed by atoms with Crippen LogP contribution < -0.4 is 10.2 Å². The summed E-state index contributed by atoms with van der Waals surface area (Å²) in [5, 5.41) is 12.2. The van der Waals surface area contributed by atoms with E-state index >= 15 is 0 Å². The third kappa shape index (κ3) is 4.63. The zero-order chi connectivity index (χ0) is 17.6. The maximum absolute atomic E-state index is 11.8. The molecule has 0 saturated heterocycles. The summed E-state index contributed by atoms with van der Waals surface area (Å²) in [6.07, 6.45) is 0. The Hall–Kier alpha value is -2.74. The van der Waals surface area contributed by atoms with Gasteiger partial charge >= 0.3 is 0 Å². The predicted molar refractivity (Wildman–Crippen MR) is 98.4 cm³/mol. The van der Waals surface area contributed by atoms with Gasteiger partial charge < -0.3 is 4.74 Å². The number of hydrazone groups is 1. The van der Waals surface area contributed by atoms with E-state index in [0.29, 0.717) is 18.0 Å². The van der Waals surface area contributed by atoms with E-state index in [2.05, 4.69) is 36.8 Å². The molecule has 1 aromatic heterocycles. The number of hydrogen-bond acceptors (Lipinski definition) is 5. The van der Waals surface area contributed by atoms with Crippen LogP contribution in [-0.4, -0.2) is 33.2 Å². The van der Waals surface area contributed by atoms with Gasteiger partial charge in [0.1, 0.15) is 11.3 Å². The number of rotatable bonds is 6. The molecule has 2 aromatic carbocycles. The van der Waals surface area contributed by atoms with E-state index in [1.54, 1.807) is 16.8 Å². The van der Waals surface area contributed by atoms with Crippen LogP contribution in [0, 0.1) is 0 Å². The van der Waals surface area contributed by atoms with E-state index in [0.717, 1.165) is 15.5 Å². The normalized spacial score (nSPS) is 11.5. The Morgan fingerprint density at radius 1 is 1.28 bits per heavy atom. The number of carbonyl (C=O) groups excluding carboxylic acids is 1. The number of fused-ring (bicyclic) bond motifs is 1. The second-order valence-corrected chi connectivity index (χ2v) is 6.28. The molecule has 128 valence electrons. The number of carbonyl (C=O) groups is 1. The number of aromatic nitrogens is 3. The van der Waals surface area contributed by atoms with E-state index in [9.17, 15) is 4.79 Å². The Bertz CT molecular complexity index is 922. The van der Waals surface area contributed by atoms with Gasteiger partial charge in [-0.1, -0.05) is 39.3 Å². The lowest BCUT2D eigenvalue weighted by Crippen LogP contribution is -2.26. The molecule has 0 atom stereocenters. The number of nitrogens with zero attached hydrogens (tertiary/aromatic N) is 4. The van der Waals surface area contributed by atoms with Crippen LogP contribution in [0.3, 0.4) is 0 Å². The molecule has 0 saturated carbocycles. The molecule has 7 nitrogen and oxygen atoms in total. The van der Waals surface area contributed by atoms with Crippen molar-refractivity contribution in [3.63, 3.8) is 0 Å². The van der Waals surface area contributed by atoms with Crippen molar-refractivity contribution in [3.05, 3.63) is 53.0 Å². The topological polar surface area (TPSA) is 81.4 Å². The van der Waals surface area contributed by atoms with Gasteiger partial charge in [0.25, 0.3) is 5.91 Å². The molecule has 0 radical (unpaired) electrons. The van der Waals surface area contributed by atoms with Crippen LogP contribution in [-0.2, 0) is 11.3 Å². The summed E-state index contributed by atoms with van der Waals surface area (Å²) in [6, 6.07) is 15.0. The third-order valence-electron chi connectivity index (χ3n) is 3.34. The first kappa shape index (κ1) is 17.1. The van der Waals surface area contributed by atoms with Crippen molar-refractivity contribution >= 4 is 38.6 Å². The molecule has 3 aromatic rings. The lowest BCUT2D eigenvalue weighted by molar-refractivity contribution is -0.123. The van der Waals surface area contributed by atoms with Gasteiger partial charge in [-0.25, -0.2) is 10.1 Å². The number of hydrogen-bond donors (Lipinski definition) is 1. The first-order valence-corrected chi connectivity index (χ1v) is 8.40. The Morgan fingerprint density at radius 3 is 2.96 bits per heavy atom. The second-order valence-electron chi connectivity index (χ2n) is 5.36. The van der Waals surface area contributed by atoms with Gasteiger partial charge in [-0.05, 0) is 37.3 Å². The van der Waals surface area contributed by atoms with E-state index in [1.807, 2.05) is 43.3 Å². The van der Waals surface area contributed by atoms with Crippen molar-refractivity contribution in [1.82, 2.24) is 20.4 Å². The van der Waals surface area contributed by atoms with E-state index < -0.39 is 0 Å². The van der Waals surface area contributed by atoms with Crippen molar-refractivity contribution < 1.29 is 9.53 Å². The standard InChI is InChI=1S/C17H16BrN5O2/c1-12(10-23-16-8-3-2-7-15(16)20-22-23)19-21-17(24)11-25-14-6-4-5-13(18)9-14/h2-9H,10-11H2,1H3,(H,21,24)/b19-12+. The number of halogens is 1. The minimum atomic E-state index is -0.331. The smallest absolute Gasteiger partial charge is 0.277 e. The summed E-state index contributed by atoms with van der Waals surface area (Å²) in [6.45, 7) is 2.14. The second kappa shape index (κ2) is 7.89. The molecule has 0 aliphatic heterocycles. The van der Waals surface area contributed by atoms with Crippen LogP contribution in [0.4, 0.5) is 0 Å². The Morgan fingerprint density at radius 2 is 2.12 bits per heavy atom. The monoisotopic (exact) mass is 401 g/mol. The summed E-state index contributed by atoms with van der Waals surface area (Å²) >= 11 is 3.35. The van der Waals surface area contributed by atoms with Crippen LogP contribution in [0.15, 0.2) is 58.1 Å². The van der Waals surface area contributed by atoms with Gasteiger partial charge in [0.2, 0.25) is 0 Å². The van der Waals surface area contributed by atoms with Crippen LogP contribution in [0.25, 0.3) is 11.0 Å². The fourth-order valence-electron chi connectivity index (χ4n) is 2.18. The highest BCUT2D eigenvalue weighted by molar-refractivity contribution is 9.10. The predicted octanol–water partition coefficient (Wildman–Crippen LogP) is 2.76. The lowest BCUT2D eigenvalue weighted by Gasteiger charge is -2.06. The molecule has 3 rings (SSSR count). The van der Waals surface area contributed by atoms with Crippen molar-refractivity contribution in [1.29, 1.82) is 0 Å². The summed E-state index contributed by atoms with van der Waals surface area (Å²) < 4.78 is 8.03. The lowest BCUT2D eigenvalue weighted by atomic mass is 10.3. The zero-order valence-electron chi connectivity index (χ0n) is 13.5. The van der Waals surface area contributed by atoms with Gasteiger partial charge in [-0.15, -0.1) is 5.10 Å². The minimum Gasteiger partial charge on any atom is -0.484 e. The minimum absolute atomic E-state index is 0.112. The van der Waals surface area contributed by atoms with Crippen LogP contribution in [0.1, 0.15) is 6.92 Å². The van der Waals surface area contributed by atoms with Crippen molar-refractivity contribution in [2.45, 2.75) is 13.5 Å². The summed E-state index contributed by atoms with van der Waals surface area (Å²) in [7, 11) is 0. The van der Waals surface area contributed by atoms with Crippen molar-refractivity contribution in [2.24, 2.45) is 5.10 Å².